The van der Waals surface area contributed by atoms with E-state index in [-0.39, 0.29) is 23.4 Å². The summed E-state index contributed by atoms with van der Waals surface area (Å²) in [4.78, 5) is 18.2. The Labute approximate surface area is 121 Å². The van der Waals surface area contributed by atoms with Crippen LogP contribution in [0.2, 0.25) is 0 Å². The molecule has 0 fully saturated rings. The predicted octanol–water partition coefficient (Wildman–Crippen LogP) is 2.03. The number of nitrogens with one attached hydrogen (secondary N) is 1. The van der Waals surface area contributed by atoms with Gasteiger partial charge in [0.1, 0.15) is 5.75 Å². The number of aromatic hydroxyl groups is 1. The summed E-state index contributed by atoms with van der Waals surface area (Å²) in [6.07, 6.45) is 3.45. The standard InChI is InChI=1S/C15H25N3O2/c1-4-18(5-2)11-7-8-12(3)17-15(20)14-13(19)9-6-10-16-14/h6,9-10,12,19H,4-5,7-8,11H2,1-3H3,(H,17,20). The van der Waals surface area contributed by atoms with Crippen molar-refractivity contribution >= 4 is 5.91 Å². The minimum absolute atomic E-state index is 0.0690. The van der Waals surface area contributed by atoms with Crippen LogP contribution in [0.5, 0.6) is 5.75 Å². The second-order valence-electron chi connectivity index (χ2n) is 4.91. The van der Waals surface area contributed by atoms with E-state index in [1.165, 1.54) is 12.3 Å². The lowest BCUT2D eigenvalue weighted by atomic mass is 10.1. The average Bonchev–Trinajstić information content (AvgIpc) is 2.44. The maximum atomic E-state index is 11.9. The number of hydrogen-bond acceptors (Lipinski definition) is 4. The van der Waals surface area contributed by atoms with Crippen molar-refractivity contribution in [2.24, 2.45) is 0 Å². The molecule has 2 N–H and O–H groups in total. The van der Waals surface area contributed by atoms with Crippen molar-refractivity contribution in [2.75, 3.05) is 19.6 Å². The van der Waals surface area contributed by atoms with Crippen LogP contribution in [0, 0.1) is 0 Å². The van der Waals surface area contributed by atoms with Crippen molar-refractivity contribution in [1.82, 2.24) is 15.2 Å². The first-order valence-corrected chi connectivity index (χ1v) is 7.25. The summed E-state index contributed by atoms with van der Waals surface area (Å²) in [6.45, 7) is 9.43. The number of aromatic nitrogens is 1. The van der Waals surface area contributed by atoms with Crippen LogP contribution in [0.1, 0.15) is 44.1 Å². The summed E-state index contributed by atoms with van der Waals surface area (Å²) >= 11 is 0. The molecule has 0 aliphatic carbocycles. The van der Waals surface area contributed by atoms with Crippen LogP contribution in [-0.2, 0) is 0 Å². The van der Waals surface area contributed by atoms with Crippen LogP contribution in [0.15, 0.2) is 18.3 Å². The maximum absolute atomic E-state index is 11.9. The van der Waals surface area contributed by atoms with Gasteiger partial charge in [0.15, 0.2) is 5.69 Å². The van der Waals surface area contributed by atoms with Gasteiger partial charge in [-0.2, -0.15) is 0 Å². The lowest BCUT2D eigenvalue weighted by Crippen LogP contribution is -2.34. The van der Waals surface area contributed by atoms with Crippen molar-refractivity contribution < 1.29 is 9.90 Å². The Bertz CT molecular complexity index is 419. The van der Waals surface area contributed by atoms with Crippen LogP contribution in [0.4, 0.5) is 0 Å². The first kappa shape index (κ1) is 16.4. The molecule has 1 atom stereocenters. The van der Waals surface area contributed by atoms with Gasteiger partial charge in [0.25, 0.3) is 5.91 Å². The predicted molar refractivity (Wildman–Crippen MR) is 79.9 cm³/mol. The lowest BCUT2D eigenvalue weighted by Gasteiger charge is -2.19. The van der Waals surface area contributed by atoms with Crippen LogP contribution in [0.25, 0.3) is 0 Å². The summed E-state index contributed by atoms with van der Waals surface area (Å²) in [7, 11) is 0. The van der Waals surface area contributed by atoms with E-state index in [4.69, 9.17) is 0 Å². The third kappa shape index (κ3) is 5.17. The van der Waals surface area contributed by atoms with Gasteiger partial charge in [-0.25, -0.2) is 4.98 Å². The Balaban J connectivity index is 2.37. The van der Waals surface area contributed by atoms with Crippen LogP contribution < -0.4 is 5.32 Å². The molecule has 1 aromatic rings. The zero-order valence-corrected chi connectivity index (χ0v) is 12.6. The van der Waals surface area contributed by atoms with Crippen molar-refractivity contribution in [2.45, 2.75) is 39.7 Å². The number of nitrogens with zero attached hydrogens (tertiary/aromatic N) is 2. The zero-order valence-electron chi connectivity index (χ0n) is 12.6. The quantitative estimate of drug-likeness (QED) is 0.764. The van der Waals surface area contributed by atoms with E-state index in [1.807, 2.05) is 6.92 Å². The molecule has 20 heavy (non-hydrogen) atoms. The van der Waals surface area contributed by atoms with E-state index >= 15 is 0 Å². The largest absolute Gasteiger partial charge is 0.505 e. The molecule has 1 rings (SSSR count). The summed E-state index contributed by atoms with van der Waals surface area (Å²) in [5.74, 6) is -0.404. The molecule has 0 saturated carbocycles. The van der Waals surface area contributed by atoms with E-state index in [2.05, 4.69) is 29.0 Å². The minimum atomic E-state index is -0.321. The lowest BCUT2D eigenvalue weighted by molar-refractivity contribution is 0.0929. The molecule has 0 aliphatic rings. The van der Waals surface area contributed by atoms with Crippen LogP contribution in [0.3, 0.4) is 0 Å². The minimum Gasteiger partial charge on any atom is -0.505 e. The van der Waals surface area contributed by atoms with Gasteiger partial charge in [-0.1, -0.05) is 13.8 Å². The van der Waals surface area contributed by atoms with Gasteiger partial charge < -0.3 is 15.3 Å². The molecule has 1 amide bonds. The molecule has 1 unspecified atom stereocenters. The monoisotopic (exact) mass is 279 g/mol. The van der Waals surface area contributed by atoms with Crippen molar-refractivity contribution in [3.63, 3.8) is 0 Å². The maximum Gasteiger partial charge on any atom is 0.273 e. The van der Waals surface area contributed by atoms with Crippen LogP contribution in [-0.4, -0.2) is 46.6 Å². The number of pyridine rings is 1. The summed E-state index contributed by atoms with van der Waals surface area (Å²) in [5, 5.41) is 12.4. The highest BCUT2D eigenvalue weighted by atomic mass is 16.3. The highest BCUT2D eigenvalue weighted by Crippen LogP contribution is 2.12. The van der Waals surface area contributed by atoms with Gasteiger partial charge >= 0.3 is 0 Å². The highest BCUT2D eigenvalue weighted by molar-refractivity contribution is 5.94. The molecule has 0 spiro atoms. The molecule has 0 saturated heterocycles. The van der Waals surface area contributed by atoms with Crippen molar-refractivity contribution in [3.8, 4) is 5.75 Å². The van der Waals surface area contributed by atoms with Gasteiger partial charge in [0.2, 0.25) is 0 Å². The molecule has 1 heterocycles. The Kier molecular flexibility index (Phi) is 7.01. The summed E-state index contributed by atoms with van der Waals surface area (Å²) < 4.78 is 0. The molecule has 0 bridgehead atoms. The van der Waals surface area contributed by atoms with Crippen molar-refractivity contribution in [1.29, 1.82) is 0 Å². The van der Waals surface area contributed by atoms with Crippen LogP contribution >= 0.6 is 0 Å². The highest BCUT2D eigenvalue weighted by Gasteiger charge is 2.14. The smallest absolute Gasteiger partial charge is 0.273 e. The van der Waals surface area contributed by atoms with E-state index in [0.717, 1.165) is 32.5 Å². The number of rotatable bonds is 8. The first-order valence-electron chi connectivity index (χ1n) is 7.25. The van der Waals surface area contributed by atoms with E-state index in [0.29, 0.717) is 0 Å². The average molecular weight is 279 g/mol. The second-order valence-corrected chi connectivity index (χ2v) is 4.91. The topological polar surface area (TPSA) is 65.5 Å². The van der Waals surface area contributed by atoms with E-state index < -0.39 is 0 Å². The van der Waals surface area contributed by atoms with Gasteiger partial charge in [-0.15, -0.1) is 0 Å². The Hall–Kier alpha value is -1.62. The molecule has 112 valence electrons. The molecule has 0 aromatic carbocycles. The SMILES string of the molecule is CCN(CC)CCCC(C)NC(=O)c1ncccc1O. The molecule has 1 aromatic heterocycles. The number of hydrogen-bond donors (Lipinski definition) is 2. The second kappa shape index (κ2) is 8.53. The molecule has 0 aliphatic heterocycles. The molecular weight excluding hydrogens is 254 g/mol. The fourth-order valence-corrected chi connectivity index (χ4v) is 2.10. The first-order chi connectivity index (χ1) is 9.58. The molecular formula is C15H25N3O2. The number of carbonyl (C=O) groups excluding carboxylic acids is 1. The zero-order chi connectivity index (χ0) is 15.0. The Morgan fingerprint density at radius 3 is 2.75 bits per heavy atom. The fourth-order valence-electron chi connectivity index (χ4n) is 2.10. The van der Waals surface area contributed by atoms with Gasteiger partial charge in [-0.3, -0.25) is 4.79 Å². The summed E-state index contributed by atoms with van der Waals surface area (Å²) in [6, 6.07) is 3.13. The number of amides is 1. The van der Waals surface area contributed by atoms with Crippen molar-refractivity contribution in [3.05, 3.63) is 24.0 Å². The molecule has 5 heteroatoms. The molecule has 0 radical (unpaired) electrons. The van der Waals surface area contributed by atoms with Gasteiger partial charge in [-0.05, 0) is 51.5 Å². The van der Waals surface area contributed by atoms with Gasteiger partial charge in [0, 0.05) is 12.2 Å². The number of carbonyl (C=O) groups is 1. The third-order valence-electron chi connectivity index (χ3n) is 3.38. The third-order valence-corrected chi connectivity index (χ3v) is 3.38. The van der Waals surface area contributed by atoms with E-state index in [9.17, 15) is 9.90 Å². The van der Waals surface area contributed by atoms with E-state index in [1.54, 1.807) is 6.07 Å². The fraction of sp³-hybridized carbons (Fsp3) is 0.600. The van der Waals surface area contributed by atoms with Gasteiger partial charge in [0.05, 0.1) is 0 Å². The molecule has 5 nitrogen and oxygen atoms in total. The Morgan fingerprint density at radius 2 is 2.15 bits per heavy atom. The summed E-state index contributed by atoms with van der Waals surface area (Å²) in [5.41, 5.74) is 0.0862. The Morgan fingerprint density at radius 1 is 1.45 bits per heavy atom. The normalized spacial score (nSPS) is 12.4.